The van der Waals surface area contributed by atoms with Gasteiger partial charge in [-0.3, -0.25) is 4.79 Å². The Bertz CT molecular complexity index is 637. The Morgan fingerprint density at radius 3 is 2.55 bits per heavy atom. The summed E-state index contributed by atoms with van der Waals surface area (Å²) in [7, 11) is 0. The maximum Gasteiger partial charge on any atom is 0.259 e. The summed E-state index contributed by atoms with van der Waals surface area (Å²) in [6.45, 7) is 1.41. The van der Waals surface area contributed by atoms with Crippen LogP contribution in [0.5, 0.6) is 0 Å². The van der Waals surface area contributed by atoms with Crippen molar-refractivity contribution >= 4 is 11.6 Å². The van der Waals surface area contributed by atoms with Crippen LogP contribution in [0.4, 0.5) is 5.69 Å². The molecule has 0 saturated carbocycles. The molecule has 1 aliphatic heterocycles. The topological polar surface area (TPSA) is 59.3 Å². The van der Waals surface area contributed by atoms with E-state index >= 15 is 0 Å². The fourth-order valence-corrected chi connectivity index (χ4v) is 2.76. The highest BCUT2D eigenvalue weighted by molar-refractivity contribution is 5.93. The lowest BCUT2D eigenvalue weighted by Crippen LogP contribution is -2.43. The van der Waals surface area contributed by atoms with Crippen LogP contribution >= 0.6 is 0 Å². The summed E-state index contributed by atoms with van der Waals surface area (Å²) in [6.07, 6.45) is 4.53. The van der Waals surface area contributed by atoms with E-state index in [0.29, 0.717) is 29.4 Å². The average molecular weight is 297 g/mol. The van der Waals surface area contributed by atoms with Crippen LogP contribution in [0.1, 0.15) is 23.2 Å². The van der Waals surface area contributed by atoms with Crippen LogP contribution in [0.15, 0.2) is 54.9 Å². The molecule has 3 rings (SSSR count). The van der Waals surface area contributed by atoms with Gasteiger partial charge in [-0.1, -0.05) is 18.2 Å². The van der Waals surface area contributed by atoms with E-state index in [-0.39, 0.29) is 5.91 Å². The zero-order valence-corrected chi connectivity index (χ0v) is 12.3. The summed E-state index contributed by atoms with van der Waals surface area (Å²) in [5.41, 5.74) is 1.56. The molecule has 1 N–H and O–H groups in total. The number of para-hydroxylation sites is 1. The SMILES string of the molecule is O=C(c1ccc[n+]([O-])c1)N1CCC(Nc2ccccc2)CC1. The van der Waals surface area contributed by atoms with Crippen LogP contribution < -0.4 is 10.0 Å². The second-order valence-corrected chi connectivity index (χ2v) is 5.53. The minimum atomic E-state index is -0.0663. The second-order valence-electron chi connectivity index (χ2n) is 5.53. The van der Waals surface area contributed by atoms with Gasteiger partial charge in [0.05, 0.1) is 0 Å². The molecule has 0 spiro atoms. The number of rotatable bonds is 3. The Morgan fingerprint density at radius 2 is 1.86 bits per heavy atom. The number of likely N-dealkylation sites (tertiary alicyclic amines) is 1. The number of pyridine rings is 1. The van der Waals surface area contributed by atoms with Crippen molar-refractivity contribution in [1.82, 2.24) is 4.90 Å². The first-order valence-electron chi connectivity index (χ1n) is 7.52. The third-order valence-electron chi connectivity index (χ3n) is 3.95. The fourth-order valence-electron chi connectivity index (χ4n) is 2.76. The Morgan fingerprint density at radius 1 is 1.14 bits per heavy atom. The van der Waals surface area contributed by atoms with Gasteiger partial charge >= 0.3 is 0 Å². The normalized spacial score (nSPS) is 15.5. The maximum absolute atomic E-state index is 12.4. The highest BCUT2D eigenvalue weighted by Gasteiger charge is 2.24. The minimum Gasteiger partial charge on any atom is -0.619 e. The number of hydrogen-bond donors (Lipinski definition) is 1. The number of hydrogen-bond acceptors (Lipinski definition) is 3. The molecule has 1 fully saturated rings. The van der Waals surface area contributed by atoms with Gasteiger partial charge in [0.25, 0.3) is 5.91 Å². The highest BCUT2D eigenvalue weighted by Crippen LogP contribution is 2.17. The maximum atomic E-state index is 12.4. The molecule has 1 aromatic heterocycles. The van der Waals surface area contributed by atoms with E-state index < -0.39 is 0 Å². The van der Waals surface area contributed by atoms with E-state index in [1.54, 1.807) is 12.1 Å². The first-order valence-corrected chi connectivity index (χ1v) is 7.52. The molecule has 0 aliphatic carbocycles. The minimum absolute atomic E-state index is 0.0663. The highest BCUT2D eigenvalue weighted by atomic mass is 16.5. The van der Waals surface area contributed by atoms with Gasteiger partial charge < -0.3 is 15.4 Å². The summed E-state index contributed by atoms with van der Waals surface area (Å²) in [4.78, 5) is 14.2. The van der Waals surface area contributed by atoms with Crippen molar-refractivity contribution in [3.63, 3.8) is 0 Å². The lowest BCUT2D eigenvalue weighted by molar-refractivity contribution is -0.605. The monoisotopic (exact) mass is 297 g/mol. The van der Waals surface area contributed by atoms with Crippen LogP contribution in [0, 0.1) is 5.21 Å². The largest absolute Gasteiger partial charge is 0.619 e. The van der Waals surface area contributed by atoms with Crippen molar-refractivity contribution in [2.75, 3.05) is 18.4 Å². The first kappa shape index (κ1) is 14.4. The van der Waals surface area contributed by atoms with Gasteiger partial charge in [-0.25, -0.2) is 0 Å². The van der Waals surface area contributed by atoms with Crippen molar-refractivity contribution in [2.45, 2.75) is 18.9 Å². The number of nitrogens with zero attached hydrogens (tertiary/aromatic N) is 2. The molecule has 1 aliphatic rings. The Kier molecular flexibility index (Phi) is 4.23. The Balaban J connectivity index is 1.56. The number of carbonyl (C=O) groups excluding carboxylic acids is 1. The Labute approximate surface area is 129 Å². The molecule has 5 nitrogen and oxygen atoms in total. The Hall–Kier alpha value is -2.56. The molecule has 5 heteroatoms. The van der Waals surface area contributed by atoms with Crippen LogP contribution in [0.3, 0.4) is 0 Å². The number of aromatic nitrogens is 1. The number of nitrogens with one attached hydrogen (secondary N) is 1. The lowest BCUT2D eigenvalue weighted by atomic mass is 10.0. The van der Waals surface area contributed by atoms with Gasteiger partial charge in [0.15, 0.2) is 12.4 Å². The summed E-state index contributed by atoms with van der Waals surface area (Å²) in [6, 6.07) is 13.8. The number of benzene rings is 1. The van der Waals surface area contributed by atoms with Crippen LogP contribution in [-0.4, -0.2) is 29.9 Å². The fraction of sp³-hybridized carbons (Fsp3) is 0.294. The number of carbonyl (C=O) groups is 1. The van der Waals surface area contributed by atoms with Gasteiger partial charge in [-0.15, -0.1) is 0 Å². The molecule has 114 valence electrons. The van der Waals surface area contributed by atoms with Gasteiger partial charge in [-0.2, -0.15) is 4.73 Å². The first-order chi connectivity index (χ1) is 10.7. The van der Waals surface area contributed by atoms with Crippen LogP contribution in [0.25, 0.3) is 0 Å². The van der Waals surface area contributed by atoms with E-state index in [2.05, 4.69) is 17.4 Å². The zero-order chi connectivity index (χ0) is 15.4. The summed E-state index contributed by atoms with van der Waals surface area (Å²) >= 11 is 0. The predicted molar refractivity (Wildman–Crippen MR) is 84.4 cm³/mol. The van der Waals surface area contributed by atoms with Gasteiger partial charge in [-0.05, 0) is 31.0 Å². The molecule has 1 saturated heterocycles. The van der Waals surface area contributed by atoms with Crippen LogP contribution in [0.2, 0.25) is 0 Å². The molecule has 0 atom stereocenters. The summed E-state index contributed by atoms with van der Waals surface area (Å²) < 4.78 is 0.664. The molecular formula is C17H19N3O2. The van der Waals surface area contributed by atoms with Crippen molar-refractivity contribution in [3.05, 3.63) is 65.6 Å². The van der Waals surface area contributed by atoms with Crippen molar-refractivity contribution in [3.8, 4) is 0 Å². The third-order valence-corrected chi connectivity index (χ3v) is 3.95. The molecule has 1 aromatic carbocycles. The van der Waals surface area contributed by atoms with E-state index in [1.165, 1.54) is 12.4 Å². The molecule has 0 radical (unpaired) electrons. The van der Waals surface area contributed by atoms with Crippen molar-refractivity contribution in [1.29, 1.82) is 0 Å². The summed E-state index contributed by atoms with van der Waals surface area (Å²) in [5.74, 6) is -0.0663. The van der Waals surface area contributed by atoms with Gasteiger partial charge in [0.1, 0.15) is 5.56 Å². The average Bonchev–Trinajstić information content (AvgIpc) is 2.56. The van der Waals surface area contributed by atoms with E-state index in [9.17, 15) is 10.0 Å². The quantitative estimate of drug-likeness (QED) is 0.696. The van der Waals surface area contributed by atoms with Gasteiger partial charge in [0, 0.05) is 30.9 Å². The predicted octanol–water partition coefficient (Wildman–Crippen LogP) is 2.04. The van der Waals surface area contributed by atoms with E-state index in [1.807, 2.05) is 23.1 Å². The molecule has 2 aromatic rings. The van der Waals surface area contributed by atoms with E-state index in [4.69, 9.17) is 0 Å². The molecule has 2 heterocycles. The number of amides is 1. The standard InChI is InChI=1S/C17H19N3O2/c21-17(14-5-4-10-20(22)13-14)19-11-8-16(9-12-19)18-15-6-2-1-3-7-15/h1-7,10,13,16,18H,8-9,11-12H2. The zero-order valence-electron chi connectivity index (χ0n) is 12.3. The van der Waals surface area contributed by atoms with Crippen LogP contribution in [-0.2, 0) is 0 Å². The van der Waals surface area contributed by atoms with Gasteiger partial charge in [0.2, 0.25) is 0 Å². The molecule has 0 unspecified atom stereocenters. The van der Waals surface area contributed by atoms with E-state index in [0.717, 1.165) is 18.5 Å². The molecule has 0 bridgehead atoms. The summed E-state index contributed by atoms with van der Waals surface area (Å²) in [5, 5.41) is 14.8. The number of anilines is 1. The lowest BCUT2D eigenvalue weighted by Gasteiger charge is -2.32. The van der Waals surface area contributed by atoms with Crippen molar-refractivity contribution < 1.29 is 9.52 Å². The molecule has 1 amide bonds. The smallest absolute Gasteiger partial charge is 0.259 e. The molecular weight excluding hydrogens is 278 g/mol. The third kappa shape index (κ3) is 3.36. The van der Waals surface area contributed by atoms with Crippen molar-refractivity contribution in [2.24, 2.45) is 0 Å². The molecule has 22 heavy (non-hydrogen) atoms. The number of piperidine rings is 1. The second kappa shape index (κ2) is 6.47.